The zero-order chi connectivity index (χ0) is 4.12. The van der Waals surface area contributed by atoms with Crippen LogP contribution in [0.15, 0.2) is 0 Å². The van der Waals surface area contributed by atoms with Crippen LogP contribution in [0.1, 0.15) is 0 Å². The molecule has 0 aromatic carbocycles. The molecule has 0 aliphatic carbocycles. The number of ether oxygens (including phenoxy) is 2. The van der Waals surface area contributed by atoms with Gasteiger partial charge in [0.2, 0.25) is 0 Å². The van der Waals surface area contributed by atoms with Gasteiger partial charge in [0, 0.05) is 35.9 Å². The molecule has 0 amide bonds. The van der Waals surface area contributed by atoms with Crippen LogP contribution in [0.2, 0.25) is 0 Å². The van der Waals surface area contributed by atoms with Gasteiger partial charge in [0.05, 0.1) is 0 Å². The van der Waals surface area contributed by atoms with Crippen LogP contribution in [0.4, 0.5) is 0 Å². The SMILES string of the molecule is CO[CH-]OC.[Ti]. The van der Waals surface area contributed by atoms with Crippen LogP contribution in [0.3, 0.4) is 0 Å². The summed E-state index contributed by atoms with van der Waals surface area (Å²) in [5, 5.41) is 0. The standard InChI is InChI=1S/C3H7O2.Ti/c1-4-3-5-2;/h3H,1-2H3;/q-1;. The average Bonchev–Trinajstić information content (AvgIpc) is 1.41. The Balaban J connectivity index is 0. The zero-order valence-electron chi connectivity index (χ0n) is 3.89. The molecule has 0 unspecified atom stereocenters. The summed E-state index contributed by atoms with van der Waals surface area (Å²) in [6, 6.07) is 0. The van der Waals surface area contributed by atoms with E-state index in [1.54, 1.807) is 0 Å². The van der Waals surface area contributed by atoms with Crippen molar-refractivity contribution in [3.63, 3.8) is 0 Å². The van der Waals surface area contributed by atoms with Crippen molar-refractivity contribution in [3.8, 4) is 0 Å². The van der Waals surface area contributed by atoms with Gasteiger partial charge in [-0.1, -0.05) is 6.79 Å². The van der Waals surface area contributed by atoms with Crippen LogP contribution < -0.4 is 0 Å². The first-order valence-electron chi connectivity index (χ1n) is 1.29. The van der Waals surface area contributed by atoms with Crippen LogP contribution >= 0.6 is 0 Å². The maximum Gasteiger partial charge on any atom is 0.00103 e. The molecule has 0 heterocycles. The van der Waals surface area contributed by atoms with Crippen LogP contribution in [0, 0.1) is 6.79 Å². The van der Waals surface area contributed by atoms with Gasteiger partial charge in [0.1, 0.15) is 0 Å². The molecular weight excluding hydrogens is 116 g/mol. The molecule has 2 nitrogen and oxygen atoms in total. The molecule has 0 aromatic rings. The Morgan fingerprint density at radius 2 is 1.50 bits per heavy atom. The number of hydrogen-bond acceptors (Lipinski definition) is 2. The fourth-order valence-corrected chi connectivity index (χ4v) is 0.0962. The van der Waals surface area contributed by atoms with Gasteiger partial charge >= 0.3 is 0 Å². The minimum atomic E-state index is 0. The first kappa shape index (κ1) is 9.81. The first-order chi connectivity index (χ1) is 2.41. The van der Waals surface area contributed by atoms with Crippen molar-refractivity contribution in [2.45, 2.75) is 0 Å². The van der Waals surface area contributed by atoms with Gasteiger partial charge in [-0.15, -0.1) is 0 Å². The largest absolute Gasteiger partial charge is 0.527 e. The van der Waals surface area contributed by atoms with E-state index in [9.17, 15) is 0 Å². The van der Waals surface area contributed by atoms with Crippen molar-refractivity contribution >= 4 is 0 Å². The normalized spacial score (nSPS) is 7.00. The predicted molar refractivity (Wildman–Crippen MR) is 18.3 cm³/mol. The van der Waals surface area contributed by atoms with Crippen LogP contribution in [-0.4, -0.2) is 14.2 Å². The molecule has 0 fully saturated rings. The second kappa shape index (κ2) is 9.16. The number of methoxy groups -OCH3 is 2. The Morgan fingerprint density at radius 3 is 1.50 bits per heavy atom. The number of rotatable bonds is 2. The molecule has 3 heteroatoms. The second-order valence-corrected chi connectivity index (χ2v) is 0.568. The third-order valence-electron chi connectivity index (χ3n) is 0.192. The molecule has 6 heavy (non-hydrogen) atoms. The van der Waals surface area contributed by atoms with Gasteiger partial charge in [0.25, 0.3) is 0 Å². The Labute approximate surface area is 52.7 Å². The van der Waals surface area contributed by atoms with Crippen molar-refractivity contribution < 1.29 is 31.2 Å². The van der Waals surface area contributed by atoms with E-state index in [2.05, 4.69) is 9.47 Å². The fourth-order valence-electron chi connectivity index (χ4n) is 0.0962. The van der Waals surface area contributed by atoms with E-state index in [0.29, 0.717) is 0 Å². The van der Waals surface area contributed by atoms with Gasteiger partial charge < -0.3 is 9.47 Å². The summed E-state index contributed by atoms with van der Waals surface area (Å²) >= 11 is 0. The van der Waals surface area contributed by atoms with Crippen molar-refractivity contribution in [1.29, 1.82) is 0 Å². The molecule has 36 valence electrons. The van der Waals surface area contributed by atoms with Gasteiger partial charge in [-0.25, -0.2) is 0 Å². The fraction of sp³-hybridized carbons (Fsp3) is 0.667. The molecule has 0 aliphatic rings. The molecule has 0 spiro atoms. The Morgan fingerprint density at radius 1 is 1.17 bits per heavy atom. The average molecular weight is 123 g/mol. The summed E-state index contributed by atoms with van der Waals surface area (Å²) in [5.41, 5.74) is 0. The van der Waals surface area contributed by atoms with E-state index < -0.39 is 0 Å². The third-order valence-corrected chi connectivity index (χ3v) is 0.192. The molecule has 0 aliphatic heterocycles. The van der Waals surface area contributed by atoms with Gasteiger partial charge in [-0.2, -0.15) is 0 Å². The first-order valence-corrected chi connectivity index (χ1v) is 1.29. The van der Waals surface area contributed by atoms with Crippen molar-refractivity contribution in [3.05, 3.63) is 6.79 Å². The Bertz CT molecular complexity index is 16.3. The zero-order valence-corrected chi connectivity index (χ0v) is 5.46. The maximum atomic E-state index is 4.34. The molecule has 0 bridgehead atoms. The summed E-state index contributed by atoms with van der Waals surface area (Å²) in [7, 11) is 3.06. The molecule has 0 N–H and O–H groups in total. The minimum absolute atomic E-state index is 0. The van der Waals surface area contributed by atoms with E-state index in [-0.39, 0.29) is 21.7 Å². The van der Waals surface area contributed by atoms with E-state index in [1.807, 2.05) is 0 Å². The van der Waals surface area contributed by atoms with E-state index >= 15 is 0 Å². The van der Waals surface area contributed by atoms with Crippen molar-refractivity contribution in [2.24, 2.45) is 0 Å². The smallest absolute Gasteiger partial charge is 0.00103 e. The summed E-state index contributed by atoms with van der Waals surface area (Å²) in [6.07, 6.45) is 0. The third kappa shape index (κ3) is 8.82. The monoisotopic (exact) mass is 123 g/mol. The molecule has 0 atom stereocenters. The summed E-state index contributed by atoms with van der Waals surface area (Å²) in [5.74, 6) is 0. The van der Waals surface area contributed by atoms with Crippen molar-refractivity contribution in [1.82, 2.24) is 0 Å². The van der Waals surface area contributed by atoms with E-state index in [0.717, 1.165) is 0 Å². The molecule has 0 aromatic heterocycles. The van der Waals surface area contributed by atoms with E-state index in [1.165, 1.54) is 21.0 Å². The van der Waals surface area contributed by atoms with Crippen LogP contribution in [0.5, 0.6) is 0 Å². The second-order valence-electron chi connectivity index (χ2n) is 0.568. The Kier molecular flexibility index (Phi) is 15.0. The number of hydrogen-bond donors (Lipinski definition) is 0. The quantitative estimate of drug-likeness (QED) is 0.390. The summed E-state index contributed by atoms with van der Waals surface area (Å²) in [6.45, 7) is 1.25. The van der Waals surface area contributed by atoms with Crippen molar-refractivity contribution in [2.75, 3.05) is 14.2 Å². The molecule has 0 rings (SSSR count). The topological polar surface area (TPSA) is 18.5 Å². The Hall–Kier alpha value is 0.634. The summed E-state index contributed by atoms with van der Waals surface area (Å²) < 4.78 is 8.69. The van der Waals surface area contributed by atoms with Gasteiger partial charge in [-0.05, 0) is 0 Å². The van der Waals surface area contributed by atoms with Crippen LogP contribution in [0.25, 0.3) is 0 Å². The molecular formula is C3H7O2Ti-. The van der Waals surface area contributed by atoms with Crippen LogP contribution in [-0.2, 0) is 31.2 Å². The maximum absolute atomic E-state index is 4.34. The minimum Gasteiger partial charge on any atom is -0.527 e. The molecule has 0 saturated carbocycles. The molecule has 0 radical (unpaired) electrons. The van der Waals surface area contributed by atoms with Gasteiger partial charge in [-0.3, -0.25) is 0 Å². The predicted octanol–water partition coefficient (Wildman–Crippen LogP) is 0.396. The van der Waals surface area contributed by atoms with E-state index in [4.69, 9.17) is 0 Å². The van der Waals surface area contributed by atoms with Gasteiger partial charge in [0.15, 0.2) is 0 Å². The summed E-state index contributed by atoms with van der Waals surface area (Å²) in [4.78, 5) is 0. The molecule has 0 saturated heterocycles.